The predicted octanol–water partition coefficient (Wildman–Crippen LogP) is 4.03. The van der Waals surface area contributed by atoms with Gasteiger partial charge in [-0.3, -0.25) is 4.79 Å². The predicted molar refractivity (Wildman–Crippen MR) is 105 cm³/mol. The number of carboxylic acids is 1. The Morgan fingerprint density at radius 1 is 0.963 bits per heavy atom. The highest BCUT2D eigenvalue weighted by molar-refractivity contribution is 6.06. The number of nitrogens with one attached hydrogen (secondary N) is 1. The minimum absolute atomic E-state index is 0.151. The van der Waals surface area contributed by atoms with Gasteiger partial charge in [0, 0.05) is 18.7 Å². The zero-order valence-corrected chi connectivity index (χ0v) is 15.4. The largest absolute Gasteiger partial charge is 0.497 e. The Balaban J connectivity index is 1.89. The highest BCUT2D eigenvalue weighted by Gasteiger charge is 2.18. The lowest BCUT2D eigenvalue weighted by Crippen LogP contribution is -2.26. The van der Waals surface area contributed by atoms with E-state index in [1.807, 2.05) is 0 Å². The van der Waals surface area contributed by atoms with E-state index in [1.54, 1.807) is 43.5 Å². The molecule has 0 aromatic heterocycles. The van der Waals surface area contributed by atoms with Crippen molar-refractivity contribution in [2.24, 2.45) is 0 Å². The van der Waals surface area contributed by atoms with Gasteiger partial charge in [0.2, 0.25) is 0 Å². The van der Waals surface area contributed by atoms with Gasteiger partial charge in [0.15, 0.2) is 0 Å². The van der Waals surface area contributed by atoms with Gasteiger partial charge in [-0.05, 0) is 55.3 Å². The summed E-state index contributed by atoms with van der Waals surface area (Å²) in [5.74, 6) is -0.627. The second-order valence-electron chi connectivity index (χ2n) is 6.62. The van der Waals surface area contributed by atoms with Crippen LogP contribution in [0.1, 0.15) is 46.4 Å². The van der Waals surface area contributed by atoms with Gasteiger partial charge in [0.1, 0.15) is 5.75 Å². The SMILES string of the molecule is COc1ccc(C(=O)Nc2cc(C(=O)O)ccc2N2CCCCCC2)cc1. The molecule has 0 aliphatic carbocycles. The number of hydrogen-bond donors (Lipinski definition) is 2. The Bertz CT molecular complexity index is 809. The molecule has 2 aromatic rings. The molecule has 6 nitrogen and oxygen atoms in total. The number of anilines is 2. The highest BCUT2D eigenvalue weighted by atomic mass is 16.5. The molecule has 1 aliphatic heterocycles. The topological polar surface area (TPSA) is 78.9 Å². The zero-order valence-electron chi connectivity index (χ0n) is 15.4. The molecule has 1 heterocycles. The van der Waals surface area contributed by atoms with Crippen molar-refractivity contribution in [3.05, 3.63) is 53.6 Å². The molecular weight excluding hydrogens is 344 g/mol. The van der Waals surface area contributed by atoms with Gasteiger partial charge in [-0.1, -0.05) is 12.8 Å². The Morgan fingerprint density at radius 3 is 2.19 bits per heavy atom. The number of carboxylic acid groups (broad SMARTS) is 1. The molecule has 0 radical (unpaired) electrons. The smallest absolute Gasteiger partial charge is 0.335 e. The fourth-order valence-corrected chi connectivity index (χ4v) is 3.29. The molecule has 0 unspecified atom stereocenters. The summed E-state index contributed by atoms with van der Waals surface area (Å²) >= 11 is 0. The first-order valence-electron chi connectivity index (χ1n) is 9.16. The number of methoxy groups -OCH3 is 1. The lowest BCUT2D eigenvalue weighted by atomic mass is 10.1. The number of carbonyl (C=O) groups is 2. The van der Waals surface area contributed by atoms with Crippen LogP contribution in [0.15, 0.2) is 42.5 Å². The lowest BCUT2D eigenvalue weighted by molar-refractivity contribution is 0.0696. The summed E-state index contributed by atoms with van der Waals surface area (Å²) in [6, 6.07) is 11.7. The van der Waals surface area contributed by atoms with Crippen molar-refractivity contribution in [1.82, 2.24) is 0 Å². The second kappa shape index (κ2) is 8.58. The molecule has 2 aromatic carbocycles. The van der Waals surface area contributed by atoms with Crippen LogP contribution in [0.25, 0.3) is 0 Å². The molecule has 142 valence electrons. The Hall–Kier alpha value is -3.02. The number of nitrogens with zero attached hydrogens (tertiary/aromatic N) is 1. The number of rotatable bonds is 5. The third-order valence-electron chi connectivity index (χ3n) is 4.79. The van der Waals surface area contributed by atoms with Crippen molar-refractivity contribution >= 4 is 23.3 Å². The third kappa shape index (κ3) is 4.58. The van der Waals surface area contributed by atoms with Gasteiger partial charge in [-0.25, -0.2) is 4.79 Å². The number of ether oxygens (including phenoxy) is 1. The number of amides is 1. The Labute approximate surface area is 158 Å². The first-order chi connectivity index (χ1) is 13.1. The summed E-state index contributed by atoms with van der Waals surface area (Å²) in [6.07, 6.45) is 4.56. The van der Waals surface area contributed by atoms with E-state index in [2.05, 4.69) is 10.2 Å². The van der Waals surface area contributed by atoms with Gasteiger partial charge >= 0.3 is 5.97 Å². The standard InChI is InChI=1S/C21H24N2O4/c1-27-17-9-6-15(7-10-17)20(24)22-18-14-16(21(25)26)8-11-19(18)23-12-4-2-3-5-13-23/h6-11,14H,2-5,12-13H2,1H3,(H,22,24)(H,25,26). The monoisotopic (exact) mass is 368 g/mol. The number of carbonyl (C=O) groups excluding carboxylic acids is 1. The summed E-state index contributed by atoms with van der Waals surface area (Å²) < 4.78 is 5.12. The number of benzene rings is 2. The van der Waals surface area contributed by atoms with Crippen LogP contribution < -0.4 is 15.0 Å². The minimum Gasteiger partial charge on any atom is -0.497 e. The molecule has 1 fully saturated rings. The summed E-state index contributed by atoms with van der Waals surface area (Å²) in [5, 5.41) is 12.2. The lowest BCUT2D eigenvalue weighted by Gasteiger charge is -2.26. The van der Waals surface area contributed by atoms with E-state index in [0.717, 1.165) is 31.6 Å². The fourth-order valence-electron chi connectivity index (χ4n) is 3.29. The molecule has 3 rings (SSSR count). The first kappa shape index (κ1) is 18.8. The van der Waals surface area contributed by atoms with E-state index in [0.29, 0.717) is 17.0 Å². The average Bonchev–Trinajstić information content (AvgIpc) is 2.97. The van der Waals surface area contributed by atoms with Crippen molar-refractivity contribution in [3.8, 4) is 5.75 Å². The molecule has 0 spiro atoms. The molecule has 1 saturated heterocycles. The average molecular weight is 368 g/mol. The third-order valence-corrected chi connectivity index (χ3v) is 4.79. The molecule has 27 heavy (non-hydrogen) atoms. The van der Waals surface area contributed by atoms with Crippen LogP contribution in [0.4, 0.5) is 11.4 Å². The summed E-state index contributed by atoms with van der Waals surface area (Å²) in [4.78, 5) is 26.3. The first-order valence-corrected chi connectivity index (χ1v) is 9.16. The molecule has 6 heteroatoms. The summed E-state index contributed by atoms with van der Waals surface area (Å²) in [7, 11) is 1.57. The van der Waals surface area contributed by atoms with Gasteiger partial charge in [-0.2, -0.15) is 0 Å². The van der Waals surface area contributed by atoms with Crippen LogP contribution in [-0.2, 0) is 0 Å². The van der Waals surface area contributed by atoms with Crippen molar-refractivity contribution in [3.63, 3.8) is 0 Å². The molecule has 1 amide bonds. The molecule has 2 N–H and O–H groups in total. The van der Waals surface area contributed by atoms with E-state index < -0.39 is 5.97 Å². The fraction of sp³-hybridized carbons (Fsp3) is 0.333. The van der Waals surface area contributed by atoms with Crippen LogP contribution in [-0.4, -0.2) is 37.2 Å². The van der Waals surface area contributed by atoms with E-state index in [9.17, 15) is 14.7 Å². The van der Waals surface area contributed by atoms with Crippen molar-refractivity contribution < 1.29 is 19.4 Å². The number of aromatic carboxylic acids is 1. The Kier molecular flexibility index (Phi) is 5.96. The number of hydrogen-bond acceptors (Lipinski definition) is 4. The van der Waals surface area contributed by atoms with Gasteiger partial charge in [0.05, 0.1) is 24.0 Å². The zero-order chi connectivity index (χ0) is 19.2. The molecular formula is C21H24N2O4. The van der Waals surface area contributed by atoms with Crippen LogP contribution in [0.5, 0.6) is 5.75 Å². The van der Waals surface area contributed by atoms with E-state index >= 15 is 0 Å². The van der Waals surface area contributed by atoms with Gasteiger partial charge in [-0.15, -0.1) is 0 Å². The summed E-state index contributed by atoms with van der Waals surface area (Å²) in [6.45, 7) is 1.80. The van der Waals surface area contributed by atoms with Crippen LogP contribution >= 0.6 is 0 Å². The van der Waals surface area contributed by atoms with E-state index in [4.69, 9.17) is 4.74 Å². The van der Waals surface area contributed by atoms with Crippen molar-refractivity contribution in [2.75, 3.05) is 30.4 Å². The molecule has 0 bridgehead atoms. The highest BCUT2D eigenvalue weighted by Crippen LogP contribution is 2.30. The maximum atomic E-state index is 12.7. The van der Waals surface area contributed by atoms with Crippen molar-refractivity contribution in [1.29, 1.82) is 0 Å². The van der Waals surface area contributed by atoms with Crippen LogP contribution in [0.3, 0.4) is 0 Å². The van der Waals surface area contributed by atoms with Crippen LogP contribution in [0, 0.1) is 0 Å². The van der Waals surface area contributed by atoms with Gasteiger partial charge < -0.3 is 20.1 Å². The molecule has 0 atom stereocenters. The minimum atomic E-state index is -1.02. The quantitative estimate of drug-likeness (QED) is 0.833. The molecule has 0 saturated carbocycles. The summed E-state index contributed by atoms with van der Waals surface area (Å²) in [5.41, 5.74) is 2.03. The second-order valence-corrected chi connectivity index (χ2v) is 6.62. The molecule has 1 aliphatic rings. The van der Waals surface area contributed by atoms with E-state index in [-0.39, 0.29) is 11.5 Å². The van der Waals surface area contributed by atoms with E-state index in [1.165, 1.54) is 18.9 Å². The van der Waals surface area contributed by atoms with Gasteiger partial charge in [0.25, 0.3) is 5.91 Å². The van der Waals surface area contributed by atoms with Crippen molar-refractivity contribution in [2.45, 2.75) is 25.7 Å². The van der Waals surface area contributed by atoms with Crippen LogP contribution in [0.2, 0.25) is 0 Å². The maximum absolute atomic E-state index is 12.7. The normalized spacial score (nSPS) is 14.3. The maximum Gasteiger partial charge on any atom is 0.335 e. The Morgan fingerprint density at radius 2 is 1.59 bits per heavy atom.